The molecule has 0 spiro atoms. The number of hydrogen-bond acceptors (Lipinski definition) is 7. The average molecular weight is 450 g/mol. The number of carbonyl (C=O) groups is 1. The molecule has 1 aliphatic rings. The number of halogens is 1. The fraction of sp³-hybridized carbons (Fsp3) is 0.263. The first kappa shape index (κ1) is 21.5. The standard InChI is InChI=1S/C19H16ClN3O6S/c1-10-14(7-21)17(24)23(12-4-5-30(28,29)9-12)18(25)15(10)8-22-11-2-3-16(20)13(6-11)19(26)27/h2-3,6,8,12,25H,4-5,9H2,1H3,(H,26,27)/t12-/m1/s1. The first-order valence-electron chi connectivity index (χ1n) is 8.71. The molecule has 1 atom stereocenters. The molecule has 1 fully saturated rings. The summed E-state index contributed by atoms with van der Waals surface area (Å²) in [5.74, 6) is -2.18. The molecule has 1 aromatic heterocycles. The Morgan fingerprint density at radius 3 is 2.70 bits per heavy atom. The molecule has 2 heterocycles. The first-order chi connectivity index (χ1) is 14.1. The van der Waals surface area contributed by atoms with E-state index in [-0.39, 0.29) is 50.9 Å². The maximum atomic E-state index is 12.7. The van der Waals surface area contributed by atoms with Gasteiger partial charge in [0.15, 0.2) is 9.84 Å². The number of aromatic hydroxyl groups is 1. The molecule has 2 N–H and O–H groups in total. The van der Waals surface area contributed by atoms with Crippen LogP contribution in [-0.2, 0) is 9.84 Å². The second-order valence-electron chi connectivity index (χ2n) is 6.81. The third kappa shape index (κ3) is 3.94. The van der Waals surface area contributed by atoms with Gasteiger partial charge in [0.05, 0.1) is 39.4 Å². The number of aromatic carboxylic acids is 1. The Labute approximate surface area is 176 Å². The van der Waals surface area contributed by atoms with Gasteiger partial charge in [0.25, 0.3) is 5.56 Å². The van der Waals surface area contributed by atoms with Gasteiger partial charge < -0.3 is 10.2 Å². The number of rotatable bonds is 4. The summed E-state index contributed by atoms with van der Waals surface area (Å²) in [7, 11) is -3.35. The molecule has 156 valence electrons. The number of sulfone groups is 1. The van der Waals surface area contributed by atoms with Gasteiger partial charge in [-0.15, -0.1) is 0 Å². The largest absolute Gasteiger partial charge is 0.494 e. The Balaban J connectivity index is 2.14. The van der Waals surface area contributed by atoms with Crippen LogP contribution in [0.2, 0.25) is 5.02 Å². The second-order valence-corrected chi connectivity index (χ2v) is 9.44. The number of aromatic nitrogens is 1. The Morgan fingerprint density at radius 2 is 2.13 bits per heavy atom. The molecule has 0 saturated carbocycles. The van der Waals surface area contributed by atoms with Gasteiger partial charge in [-0.2, -0.15) is 5.26 Å². The van der Waals surface area contributed by atoms with Crippen LogP contribution in [0.4, 0.5) is 5.69 Å². The van der Waals surface area contributed by atoms with Crippen molar-refractivity contribution in [3.05, 3.63) is 55.8 Å². The van der Waals surface area contributed by atoms with Crippen molar-refractivity contribution in [2.24, 2.45) is 4.99 Å². The van der Waals surface area contributed by atoms with Gasteiger partial charge in [-0.3, -0.25) is 14.4 Å². The van der Waals surface area contributed by atoms with Crippen LogP contribution >= 0.6 is 11.6 Å². The fourth-order valence-electron chi connectivity index (χ4n) is 3.31. The number of aliphatic imine (C=N–C) groups is 1. The van der Waals surface area contributed by atoms with Crippen LogP contribution in [0, 0.1) is 18.3 Å². The number of carboxylic acids is 1. The van der Waals surface area contributed by atoms with E-state index in [9.17, 15) is 28.4 Å². The lowest BCUT2D eigenvalue weighted by Gasteiger charge is -2.18. The van der Waals surface area contributed by atoms with E-state index in [1.807, 2.05) is 0 Å². The minimum absolute atomic E-state index is 0.0308. The predicted octanol–water partition coefficient (Wildman–Crippen LogP) is 2.20. The Morgan fingerprint density at radius 1 is 1.43 bits per heavy atom. The number of hydrogen-bond donors (Lipinski definition) is 2. The van der Waals surface area contributed by atoms with Crippen molar-refractivity contribution in [3.8, 4) is 11.9 Å². The third-order valence-electron chi connectivity index (χ3n) is 4.89. The number of nitrogens with zero attached hydrogens (tertiary/aromatic N) is 3. The molecule has 11 heteroatoms. The van der Waals surface area contributed by atoms with Gasteiger partial charge in [0.2, 0.25) is 5.88 Å². The topological polar surface area (TPSA) is 150 Å². The quantitative estimate of drug-likeness (QED) is 0.679. The second kappa shape index (κ2) is 7.93. The van der Waals surface area contributed by atoms with Crippen LogP contribution in [0.3, 0.4) is 0 Å². The van der Waals surface area contributed by atoms with Crippen LogP contribution in [0.15, 0.2) is 28.0 Å². The van der Waals surface area contributed by atoms with E-state index in [1.165, 1.54) is 31.3 Å². The lowest BCUT2D eigenvalue weighted by atomic mass is 10.0. The number of pyridine rings is 1. The molecule has 0 unspecified atom stereocenters. The van der Waals surface area contributed by atoms with Gasteiger partial charge in [-0.05, 0) is 37.1 Å². The normalized spacial score (nSPS) is 17.8. The van der Waals surface area contributed by atoms with Crippen molar-refractivity contribution >= 4 is 39.3 Å². The maximum Gasteiger partial charge on any atom is 0.337 e. The van der Waals surface area contributed by atoms with E-state index in [0.29, 0.717) is 0 Å². The fourth-order valence-corrected chi connectivity index (χ4v) is 5.21. The zero-order valence-electron chi connectivity index (χ0n) is 15.7. The van der Waals surface area contributed by atoms with E-state index < -0.39 is 33.3 Å². The monoisotopic (exact) mass is 449 g/mol. The van der Waals surface area contributed by atoms with Gasteiger partial charge in [0.1, 0.15) is 11.6 Å². The highest BCUT2D eigenvalue weighted by Gasteiger charge is 2.33. The highest BCUT2D eigenvalue weighted by atomic mass is 35.5. The van der Waals surface area contributed by atoms with Crippen molar-refractivity contribution < 1.29 is 23.4 Å². The summed E-state index contributed by atoms with van der Waals surface area (Å²) >= 11 is 5.84. The summed E-state index contributed by atoms with van der Waals surface area (Å²) in [5, 5.41) is 29.3. The molecule has 1 saturated heterocycles. The predicted molar refractivity (Wildman–Crippen MR) is 110 cm³/mol. The molecule has 1 aliphatic heterocycles. The zero-order valence-corrected chi connectivity index (χ0v) is 17.2. The van der Waals surface area contributed by atoms with E-state index in [1.54, 1.807) is 6.07 Å². The minimum atomic E-state index is -3.35. The number of carboxylic acid groups (broad SMARTS) is 1. The smallest absolute Gasteiger partial charge is 0.337 e. The van der Waals surface area contributed by atoms with Crippen molar-refractivity contribution in [2.75, 3.05) is 11.5 Å². The summed E-state index contributed by atoms with van der Waals surface area (Å²) in [6.45, 7) is 1.46. The first-order valence-corrected chi connectivity index (χ1v) is 10.9. The van der Waals surface area contributed by atoms with Gasteiger partial charge in [-0.25, -0.2) is 13.2 Å². The molecule has 0 radical (unpaired) electrons. The lowest BCUT2D eigenvalue weighted by Crippen LogP contribution is -2.29. The highest BCUT2D eigenvalue weighted by Crippen LogP contribution is 2.30. The summed E-state index contributed by atoms with van der Waals surface area (Å²) in [6, 6.07) is 5.05. The average Bonchev–Trinajstić information content (AvgIpc) is 3.02. The molecular formula is C19H16ClN3O6S. The summed E-state index contributed by atoms with van der Waals surface area (Å²) in [5.41, 5.74) is -0.718. The minimum Gasteiger partial charge on any atom is -0.494 e. The highest BCUT2D eigenvalue weighted by molar-refractivity contribution is 7.91. The molecule has 3 rings (SSSR count). The Bertz CT molecular complexity index is 1290. The molecular weight excluding hydrogens is 434 g/mol. The summed E-state index contributed by atoms with van der Waals surface area (Å²) in [4.78, 5) is 28.0. The summed E-state index contributed by atoms with van der Waals surface area (Å²) < 4.78 is 24.6. The molecule has 9 nitrogen and oxygen atoms in total. The summed E-state index contributed by atoms with van der Waals surface area (Å²) in [6.07, 6.45) is 1.33. The van der Waals surface area contributed by atoms with Crippen molar-refractivity contribution in [1.82, 2.24) is 4.57 Å². The van der Waals surface area contributed by atoms with Gasteiger partial charge in [-0.1, -0.05) is 11.6 Å². The van der Waals surface area contributed by atoms with Crippen molar-refractivity contribution in [2.45, 2.75) is 19.4 Å². The maximum absolute atomic E-state index is 12.7. The van der Waals surface area contributed by atoms with Crippen molar-refractivity contribution in [1.29, 1.82) is 5.26 Å². The van der Waals surface area contributed by atoms with E-state index >= 15 is 0 Å². The zero-order chi connectivity index (χ0) is 22.2. The Hall–Kier alpha value is -3.16. The van der Waals surface area contributed by atoms with Crippen molar-refractivity contribution in [3.63, 3.8) is 0 Å². The molecule has 1 aromatic carbocycles. The van der Waals surface area contributed by atoms with Crippen LogP contribution < -0.4 is 5.56 Å². The van der Waals surface area contributed by atoms with Gasteiger partial charge >= 0.3 is 5.97 Å². The van der Waals surface area contributed by atoms with Crippen LogP contribution in [0.5, 0.6) is 5.88 Å². The molecule has 2 aromatic rings. The third-order valence-corrected chi connectivity index (χ3v) is 6.97. The number of nitriles is 1. The molecule has 0 amide bonds. The molecule has 30 heavy (non-hydrogen) atoms. The van der Waals surface area contributed by atoms with Crippen LogP contribution in [0.25, 0.3) is 0 Å². The molecule has 0 bridgehead atoms. The SMILES string of the molecule is Cc1c(C=Nc2ccc(Cl)c(C(=O)O)c2)c(O)n([C@@H]2CCS(=O)(=O)C2)c(=O)c1C#N. The number of benzene rings is 1. The molecule has 0 aliphatic carbocycles. The van der Waals surface area contributed by atoms with E-state index in [0.717, 1.165) is 4.57 Å². The van der Waals surface area contributed by atoms with Gasteiger partial charge in [0, 0.05) is 6.21 Å². The lowest BCUT2D eigenvalue weighted by molar-refractivity contribution is 0.0697. The van der Waals surface area contributed by atoms with E-state index in [4.69, 9.17) is 16.7 Å². The van der Waals surface area contributed by atoms with E-state index in [2.05, 4.69) is 4.99 Å². The van der Waals surface area contributed by atoms with Crippen LogP contribution in [0.1, 0.15) is 39.5 Å². The Kier molecular flexibility index (Phi) is 5.70. The van der Waals surface area contributed by atoms with Crippen LogP contribution in [-0.4, -0.2) is 46.9 Å².